The molecule has 2 atom stereocenters. The number of carbonyl (C=O) groups is 1. The highest BCUT2D eigenvalue weighted by atomic mass is 16.5. The van der Waals surface area contributed by atoms with Gasteiger partial charge in [0, 0.05) is 17.7 Å². The SMILES string of the molecule is C=C(C(=O)OC)[C@@H]1CCCN1[C@@H](C)c1ccccc1. The van der Waals surface area contributed by atoms with Gasteiger partial charge in [-0.15, -0.1) is 0 Å². The Hall–Kier alpha value is -1.61. The summed E-state index contributed by atoms with van der Waals surface area (Å²) < 4.78 is 4.79. The number of hydrogen-bond donors (Lipinski definition) is 0. The van der Waals surface area contributed by atoms with Crippen LogP contribution >= 0.6 is 0 Å². The molecule has 3 nitrogen and oxygen atoms in total. The first-order chi connectivity index (χ1) is 9.15. The van der Waals surface area contributed by atoms with Gasteiger partial charge in [0.15, 0.2) is 0 Å². The van der Waals surface area contributed by atoms with Crippen molar-refractivity contribution >= 4 is 5.97 Å². The molecular weight excluding hydrogens is 238 g/mol. The molecule has 0 unspecified atom stereocenters. The third-order valence-corrected chi connectivity index (χ3v) is 3.92. The minimum atomic E-state index is -0.294. The summed E-state index contributed by atoms with van der Waals surface area (Å²) in [7, 11) is 1.41. The molecule has 1 aliphatic heterocycles. The van der Waals surface area contributed by atoms with Crippen molar-refractivity contribution in [2.75, 3.05) is 13.7 Å². The van der Waals surface area contributed by atoms with Crippen molar-refractivity contribution in [3.63, 3.8) is 0 Å². The summed E-state index contributed by atoms with van der Waals surface area (Å²) in [5, 5.41) is 0. The summed E-state index contributed by atoms with van der Waals surface area (Å²) in [6.45, 7) is 7.09. The van der Waals surface area contributed by atoms with E-state index >= 15 is 0 Å². The normalized spacial score (nSPS) is 21.1. The van der Waals surface area contributed by atoms with Gasteiger partial charge in [-0.3, -0.25) is 4.90 Å². The molecule has 102 valence electrons. The highest BCUT2D eigenvalue weighted by molar-refractivity contribution is 5.89. The Bertz CT molecular complexity index is 455. The summed E-state index contributed by atoms with van der Waals surface area (Å²) >= 11 is 0. The molecule has 0 aliphatic carbocycles. The molecule has 1 aliphatic rings. The monoisotopic (exact) mass is 259 g/mol. The fraction of sp³-hybridized carbons (Fsp3) is 0.438. The second-order valence-electron chi connectivity index (χ2n) is 5.00. The van der Waals surface area contributed by atoms with Gasteiger partial charge in [-0.1, -0.05) is 36.9 Å². The molecule has 1 aromatic carbocycles. The van der Waals surface area contributed by atoms with E-state index in [0.29, 0.717) is 5.57 Å². The first-order valence-electron chi connectivity index (χ1n) is 6.73. The molecule has 0 saturated carbocycles. The molecule has 1 saturated heterocycles. The van der Waals surface area contributed by atoms with Gasteiger partial charge >= 0.3 is 5.97 Å². The maximum Gasteiger partial charge on any atom is 0.334 e. The van der Waals surface area contributed by atoms with Crippen LogP contribution in [0, 0.1) is 0 Å². The van der Waals surface area contributed by atoms with E-state index in [1.165, 1.54) is 12.7 Å². The maximum absolute atomic E-state index is 11.7. The first-order valence-corrected chi connectivity index (χ1v) is 6.73. The van der Waals surface area contributed by atoms with Crippen LogP contribution in [0.2, 0.25) is 0 Å². The molecule has 19 heavy (non-hydrogen) atoms. The number of esters is 1. The van der Waals surface area contributed by atoms with Crippen LogP contribution in [-0.4, -0.2) is 30.6 Å². The van der Waals surface area contributed by atoms with Crippen LogP contribution in [0.4, 0.5) is 0 Å². The minimum Gasteiger partial charge on any atom is -0.466 e. The standard InChI is InChI=1S/C16H21NO2/c1-12(16(18)19-3)15-10-7-11-17(15)13(2)14-8-5-4-6-9-14/h4-6,8-9,13,15H,1,7,10-11H2,2-3H3/t13-,15-/m0/s1. The molecule has 0 radical (unpaired) electrons. The van der Waals surface area contributed by atoms with E-state index in [4.69, 9.17) is 4.74 Å². The number of benzene rings is 1. The number of nitrogens with zero attached hydrogens (tertiary/aromatic N) is 1. The summed E-state index contributed by atoms with van der Waals surface area (Å²) in [6.07, 6.45) is 2.07. The van der Waals surface area contributed by atoms with Crippen LogP contribution in [0.5, 0.6) is 0 Å². The van der Waals surface area contributed by atoms with E-state index in [2.05, 4.69) is 30.5 Å². The van der Waals surface area contributed by atoms with Gasteiger partial charge in [0.1, 0.15) is 0 Å². The Labute approximate surface area is 114 Å². The van der Waals surface area contributed by atoms with E-state index in [9.17, 15) is 4.79 Å². The van der Waals surface area contributed by atoms with Crippen molar-refractivity contribution in [3.05, 3.63) is 48.0 Å². The molecule has 1 fully saturated rings. The lowest BCUT2D eigenvalue weighted by atomic mass is 10.0. The molecule has 0 N–H and O–H groups in total. The molecule has 2 rings (SSSR count). The molecule has 0 bridgehead atoms. The third-order valence-electron chi connectivity index (χ3n) is 3.92. The van der Waals surface area contributed by atoms with Gasteiger partial charge < -0.3 is 4.74 Å². The van der Waals surface area contributed by atoms with Crippen LogP contribution in [0.15, 0.2) is 42.5 Å². The zero-order valence-electron chi connectivity index (χ0n) is 11.6. The van der Waals surface area contributed by atoms with Gasteiger partial charge in [0.25, 0.3) is 0 Å². The Morgan fingerprint density at radius 2 is 2.11 bits per heavy atom. The fourth-order valence-corrected chi connectivity index (χ4v) is 2.82. The Balaban J connectivity index is 2.15. The van der Waals surface area contributed by atoms with Crippen LogP contribution in [0.25, 0.3) is 0 Å². The second kappa shape index (κ2) is 6.02. The number of rotatable bonds is 4. The average Bonchev–Trinajstić information content (AvgIpc) is 2.95. The van der Waals surface area contributed by atoms with Gasteiger partial charge in [0.2, 0.25) is 0 Å². The summed E-state index contributed by atoms with van der Waals surface area (Å²) in [4.78, 5) is 14.0. The molecule has 0 amide bonds. The van der Waals surface area contributed by atoms with Crippen LogP contribution in [-0.2, 0) is 9.53 Å². The topological polar surface area (TPSA) is 29.5 Å². The Kier molecular flexibility index (Phi) is 4.38. The largest absolute Gasteiger partial charge is 0.466 e. The van der Waals surface area contributed by atoms with E-state index in [0.717, 1.165) is 19.4 Å². The van der Waals surface area contributed by atoms with Crippen molar-refractivity contribution < 1.29 is 9.53 Å². The second-order valence-corrected chi connectivity index (χ2v) is 5.00. The Morgan fingerprint density at radius 1 is 1.42 bits per heavy atom. The van der Waals surface area contributed by atoms with Crippen molar-refractivity contribution in [2.45, 2.75) is 31.8 Å². The third kappa shape index (κ3) is 2.87. The molecule has 0 spiro atoms. The van der Waals surface area contributed by atoms with Gasteiger partial charge in [-0.25, -0.2) is 4.79 Å². The number of carbonyl (C=O) groups excluding carboxylic acids is 1. The van der Waals surface area contributed by atoms with Crippen molar-refractivity contribution in [1.82, 2.24) is 4.90 Å². The summed E-state index contributed by atoms with van der Waals surface area (Å²) in [5.41, 5.74) is 1.84. The van der Waals surface area contributed by atoms with Crippen LogP contribution in [0.3, 0.4) is 0 Å². The number of likely N-dealkylation sites (tertiary alicyclic amines) is 1. The number of hydrogen-bond acceptors (Lipinski definition) is 3. The van der Waals surface area contributed by atoms with Crippen LogP contribution in [0.1, 0.15) is 31.4 Å². The lowest BCUT2D eigenvalue weighted by molar-refractivity contribution is -0.136. The maximum atomic E-state index is 11.7. The predicted molar refractivity (Wildman–Crippen MR) is 75.7 cm³/mol. The average molecular weight is 259 g/mol. The van der Waals surface area contributed by atoms with E-state index in [1.54, 1.807) is 0 Å². The number of methoxy groups -OCH3 is 1. The lowest BCUT2D eigenvalue weighted by Gasteiger charge is -2.31. The van der Waals surface area contributed by atoms with E-state index in [1.807, 2.05) is 18.2 Å². The number of ether oxygens (including phenoxy) is 1. The molecule has 3 heteroatoms. The van der Waals surface area contributed by atoms with Crippen molar-refractivity contribution in [1.29, 1.82) is 0 Å². The molecule has 1 aromatic rings. The predicted octanol–water partition coefficient (Wildman–Crippen LogP) is 2.94. The summed E-state index contributed by atoms with van der Waals surface area (Å²) in [6, 6.07) is 10.8. The van der Waals surface area contributed by atoms with Crippen molar-refractivity contribution in [3.8, 4) is 0 Å². The van der Waals surface area contributed by atoms with Crippen molar-refractivity contribution in [2.24, 2.45) is 0 Å². The van der Waals surface area contributed by atoms with Gasteiger partial charge in [-0.2, -0.15) is 0 Å². The lowest BCUT2D eigenvalue weighted by Crippen LogP contribution is -2.35. The smallest absolute Gasteiger partial charge is 0.334 e. The van der Waals surface area contributed by atoms with E-state index < -0.39 is 0 Å². The fourth-order valence-electron chi connectivity index (χ4n) is 2.82. The van der Waals surface area contributed by atoms with Gasteiger partial charge in [-0.05, 0) is 31.9 Å². The molecular formula is C16H21NO2. The molecule has 0 aromatic heterocycles. The zero-order chi connectivity index (χ0) is 13.8. The van der Waals surface area contributed by atoms with Crippen LogP contribution < -0.4 is 0 Å². The quantitative estimate of drug-likeness (QED) is 0.615. The van der Waals surface area contributed by atoms with Gasteiger partial charge in [0.05, 0.1) is 7.11 Å². The molecule has 1 heterocycles. The van der Waals surface area contributed by atoms with E-state index in [-0.39, 0.29) is 18.1 Å². The zero-order valence-corrected chi connectivity index (χ0v) is 11.6. The highest BCUT2D eigenvalue weighted by Gasteiger charge is 2.33. The highest BCUT2D eigenvalue weighted by Crippen LogP contribution is 2.32. The minimum absolute atomic E-state index is 0.0997. The first kappa shape index (κ1) is 13.8. The summed E-state index contributed by atoms with van der Waals surface area (Å²) in [5.74, 6) is -0.294. The Morgan fingerprint density at radius 3 is 2.74 bits per heavy atom.